The van der Waals surface area contributed by atoms with Gasteiger partial charge in [0.1, 0.15) is 11.6 Å². The van der Waals surface area contributed by atoms with Crippen molar-refractivity contribution in [3.05, 3.63) is 70.6 Å². The van der Waals surface area contributed by atoms with Gasteiger partial charge in [-0.1, -0.05) is 29.8 Å². The predicted octanol–water partition coefficient (Wildman–Crippen LogP) is 3.81. The number of carbonyl (C=O) groups excluding carboxylic acids is 1. The molecule has 7 heteroatoms. The number of H-pyrrole nitrogens is 1. The molecule has 0 aliphatic heterocycles. The van der Waals surface area contributed by atoms with Gasteiger partial charge in [-0.05, 0) is 29.8 Å². The van der Waals surface area contributed by atoms with E-state index in [1.807, 2.05) is 24.3 Å². The molecule has 0 saturated carbocycles. The summed E-state index contributed by atoms with van der Waals surface area (Å²) in [7, 11) is 1.58. The summed E-state index contributed by atoms with van der Waals surface area (Å²) < 4.78 is 18.4. The van der Waals surface area contributed by atoms with Crippen molar-refractivity contribution in [2.45, 2.75) is 6.54 Å². The van der Waals surface area contributed by atoms with Crippen LogP contribution >= 0.6 is 11.6 Å². The number of benzene rings is 2. The van der Waals surface area contributed by atoms with Gasteiger partial charge in [-0.2, -0.15) is 5.10 Å². The number of rotatable bonds is 5. The van der Waals surface area contributed by atoms with Crippen molar-refractivity contribution in [3.63, 3.8) is 0 Å². The third-order valence-electron chi connectivity index (χ3n) is 3.68. The second-order valence-corrected chi connectivity index (χ2v) is 5.73. The lowest BCUT2D eigenvalue weighted by molar-refractivity contribution is 0.0951. The van der Waals surface area contributed by atoms with Gasteiger partial charge in [0.05, 0.1) is 29.6 Å². The fraction of sp³-hybridized carbons (Fsp3) is 0.111. The van der Waals surface area contributed by atoms with E-state index in [4.69, 9.17) is 16.3 Å². The Balaban J connectivity index is 1.77. The second-order valence-electron chi connectivity index (χ2n) is 5.32. The molecule has 1 aromatic heterocycles. The van der Waals surface area contributed by atoms with Gasteiger partial charge < -0.3 is 10.1 Å². The van der Waals surface area contributed by atoms with Gasteiger partial charge in [0.15, 0.2) is 0 Å². The van der Waals surface area contributed by atoms with Gasteiger partial charge in [0, 0.05) is 12.1 Å². The number of halogens is 2. The van der Waals surface area contributed by atoms with E-state index >= 15 is 0 Å². The summed E-state index contributed by atoms with van der Waals surface area (Å²) in [5, 5.41) is 9.59. The maximum atomic E-state index is 13.2. The zero-order valence-corrected chi connectivity index (χ0v) is 14.1. The van der Waals surface area contributed by atoms with Crippen LogP contribution in [0.3, 0.4) is 0 Å². The summed E-state index contributed by atoms with van der Waals surface area (Å²) in [5.74, 6) is -0.113. The highest BCUT2D eigenvalue weighted by molar-refractivity contribution is 6.30. The number of carbonyl (C=O) groups is 1. The van der Waals surface area contributed by atoms with Gasteiger partial charge >= 0.3 is 0 Å². The van der Waals surface area contributed by atoms with E-state index in [2.05, 4.69) is 15.5 Å². The molecule has 1 amide bonds. The maximum Gasteiger partial charge on any atom is 0.255 e. The van der Waals surface area contributed by atoms with Crippen molar-refractivity contribution in [2.75, 3.05) is 7.11 Å². The van der Waals surface area contributed by atoms with Crippen LogP contribution in [-0.4, -0.2) is 23.2 Å². The Hall–Kier alpha value is -2.86. The molecular weight excluding hydrogens is 345 g/mol. The third-order valence-corrected chi connectivity index (χ3v) is 3.97. The first-order chi connectivity index (χ1) is 12.1. The number of hydrogen-bond acceptors (Lipinski definition) is 3. The fourth-order valence-corrected chi connectivity index (χ4v) is 2.59. The van der Waals surface area contributed by atoms with E-state index in [0.717, 1.165) is 5.56 Å². The molecule has 0 radical (unpaired) electrons. The van der Waals surface area contributed by atoms with Crippen LogP contribution in [-0.2, 0) is 6.54 Å². The molecule has 0 spiro atoms. The average molecular weight is 360 g/mol. The Kier molecular flexibility index (Phi) is 5.00. The largest absolute Gasteiger partial charge is 0.497 e. The second kappa shape index (κ2) is 7.36. The number of methoxy groups -OCH3 is 1. The van der Waals surface area contributed by atoms with Crippen LogP contribution in [0.5, 0.6) is 5.75 Å². The molecule has 1 heterocycles. The number of ether oxygens (including phenoxy) is 1. The summed E-state index contributed by atoms with van der Waals surface area (Å²) in [6, 6.07) is 11.6. The minimum Gasteiger partial charge on any atom is -0.497 e. The highest BCUT2D eigenvalue weighted by Gasteiger charge is 2.15. The zero-order chi connectivity index (χ0) is 17.8. The van der Waals surface area contributed by atoms with Crippen LogP contribution in [0.15, 0.2) is 48.7 Å². The van der Waals surface area contributed by atoms with Crippen LogP contribution in [0.2, 0.25) is 5.02 Å². The Morgan fingerprint density at radius 1 is 1.32 bits per heavy atom. The van der Waals surface area contributed by atoms with Gasteiger partial charge in [0.25, 0.3) is 5.91 Å². The third kappa shape index (κ3) is 3.80. The smallest absolute Gasteiger partial charge is 0.255 e. The molecule has 0 atom stereocenters. The van der Waals surface area contributed by atoms with Gasteiger partial charge in [-0.25, -0.2) is 4.39 Å². The van der Waals surface area contributed by atoms with Crippen LogP contribution in [0, 0.1) is 5.82 Å². The molecule has 25 heavy (non-hydrogen) atoms. The number of aromatic amines is 1. The molecule has 3 rings (SSSR count). The van der Waals surface area contributed by atoms with Crippen molar-refractivity contribution in [2.24, 2.45) is 0 Å². The van der Waals surface area contributed by atoms with Crippen LogP contribution in [0.1, 0.15) is 15.9 Å². The molecule has 2 aromatic carbocycles. The average Bonchev–Trinajstić information content (AvgIpc) is 3.12. The minimum absolute atomic E-state index is 0.0205. The Morgan fingerprint density at radius 2 is 2.16 bits per heavy atom. The van der Waals surface area contributed by atoms with E-state index < -0.39 is 5.82 Å². The van der Waals surface area contributed by atoms with E-state index in [0.29, 0.717) is 22.6 Å². The monoisotopic (exact) mass is 359 g/mol. The molecule has 0 saturated heterocycles. The number of hydrogen-bond donors (Lipinski definition) is 2. The standard InChI is InChI=1S/C18H15ClFN3O2/c1-25-13-4-2-3-12(8-13)17-14(10-22-23-17)18(24)21-9-11-5-6-16(20)15(19)7-11/h2-8,10H,9H2,1H3,(H,21,24)(H,22,23). The fourth-order valence-electron chi connectivity index (χ4n) is 2.38. The Labute approximate surface area is 148 Å². The highest BCUT2D eigenvalue weighted by atomic mass is 35.5. The normalized spacial score (nSPS) is 10.5. The summed E-state index contributed by atoms with van der Waals surface area (Å²) in [6.45, 7) is 0.224. The van der Waals surface area contributed by atoms with Gasteiger partial charge in [0.2, 0.25) is 0 Å². The Bertz CT molecular complexity index is 911. The van der Waals surface area contributed by atoms with Crippen molar-refractivity contribution < 1.29 is 13.9 Å². The topological polar surface area (TPSA) is 67.0 Å². The first-order valence-corrected chi connectivity index (χ1v) is 7.86. The van der Waals surface area contributed by atoms with Crippen molar-refractivity contribution in [3.8, 4) is 17.0 Å². The number of aromatic nitrogens is 2. The number of amides is 1. The first kappa shape index (κ1) is 17.0. The van der Waals surface area contributed by atoms with E-state index in [1.165, 1.54) is 18.3 Å². The lowest BCUT2D eigenvalue weighted by Gasteiger charge is -2.08. The lowest BCUT2D eigenvalue weighted by Crippen LogP contribution is -2.23. The zero-order valence-electron chi connectivity index (χ0n) is 13.3. The first-order valence-electron chi connectivity index (χ1n) is 7.48. The molecular formula is C18H15ClFN3O2. The van der Waals surface area contributed by atoms with Crippen LogP contribution in [0.4, 0.5) is 4.39 Å². The molecule has 0 aliphatic carbocycles. The molecule has 3 aromatic rings. The molecule has 128 valence electrons. The maximum absolute atomic E-state index is 13.2. The van der Waals surface area contributed by atoms with Crippen molar-refractivity contribution in [1.82, 2.24) is 15.5 Å². The Morgan fingerprint density at radius 3 is 2.92 bits per heavy atom. The van der Waals surface area contributed by atoms with E-state index in [9.17, 15) is 9.18 Å². The summed E-state index contributed by atoms with van der Waals surface area (Å²) >= 11 is 5.75. The van der Waals surface area contributed by atoms with E-state index in [1.54, 1.807) is 13.2 Å². The SMILES string of the molecule is COc1cccc(-c2[nH]ncc2C(=O)NCc2ccc(F)c(Cl)c2)c1. The summed E-state index contributed by atoms with van der Waals surface area (Å²) in [6.07, 6.45) is 1.46. The minimum atomic E-state index is -0.494. The number of nitrogens with one attached hydrogen (secondary N) is 2. The molecule has 0 aliphatic rings. The summed E-state index contributed by atoms with van der Waals surface area (Å²) in [4.78, 5) is 12.5. The van der Waals surface area contributed by atoms with Crippen LogP contribution in [0.25, 0.3) is 11.3 Å². The van der Waals surface area contributed by atoms with Gasteiger partial charge in [-0.15, -0.1) is 0 Å². The molecule has 0 unspecified atom stereocenters. The van der Waals surface area contributed by atoms with Crippen molar-refractivity contribution >= 4 is 17.5 Å². The van der Waals surface area contributed by atoms with Gasteiger partial charge in [-0.3, -0.25) is 9.89 Å². The van der Waals surface area contributed by atoms with Crippen molar-refractivity contribution in [1.29, 1.82) is 0 Å². The molecule has 5 nitrogen and oxygen atoms in total. The van der Waals surface area contributed by atoms with E-state index in [-0.39, 0.29) is 17.5 Å². The highest BCUT2D eigenvalue weighted by Crippen LogP contribution is 2.25. The molecule has 2 N–H and O–H groups in total. The predicted molar refractivity (Wildman–Crippen MR) is 93.2 cm³/mol. The van der Waals surface area contributed by atoms with Crippen LogP contribution < -0.4 is 10.1 Å². The lowest BCUT2D eigenvalue weighted by atomic mass is 10.1. The summed E-state index contributed by atoms with van der Waals surface area (Å²) in [5.41, 5.74) is 2.48. The number of nitrogens with zero attached hydrogens (tertiary/aromatic N) is 1. The quantitative estimate of drug-likeness (QED) is 0.728. The molecule has 0 bridgehead atoms. The molecule has 0 fully saturated rings.